The summed E-state index contributed by atoms with van der Waals surface area (Å²) in [6, 6.07) is 9.47. The molecule has 1 aromatic carbocycles. The van der Waals surface area contributed by atoms with Crippen LogP contribution in [0.1, 0.15) is 5.56 Å². The maximum Gasteiger partial charge on any atom is 0.326 e. The summed E-state index contributed by atoms with van der Waals surface area (Å²) in [5.41, 5.74) is 0.423. The number of carbonyl (C=O) groups is 2. The van der Waals surface area contributed by atoms with Gasteiger partial charge in [-0.1, -0.05) is 29.8 Å². The SMILES string of the molecule is CN(CC(=O)OCC(=O)NCc1ccccc1S(=O)(=O)N(C)C)c1ccc(Cl)nn1. The zero-order chi connectivity index (χ0) is 22.3. The van der Waals surface area contributed by atoms with E-state index in [1.807, 2.05) is 0 Å². The molecule has 2 aromatic rings. The summed E-state index contributed by atoms with van der Waals surface area (Å²) < 4.78 is 30.8. The average molecular weight is 456 g/mol. The minimum absolute atomic E-state index is 0.0279. The van der Waals surface area contributed by atoms with Gasteiger partial charge >= 0.3 is 5.97 Å². The van der Waals surface area contributed by atoms with Crippen molar-refractivity contribution in [1.29, 1.82) is 0 Å². The molecule has 30 heavy (non-hydrogen) atoms. The van der Waals surface area contributed by atoms with Crippen molar-refractivity contribution in [2.75, 3.05) is 39.2 Å². The number of hydrogen-bond donors (Lipinski definition) is 1. The number of nitrogens with one attached hydrogen (secondary N) is 1. The second-order valence-corrected chi connectivity index (χ2v) is 8.91. The molecule has 0 fully saturated rings. The fraction of sp³-hybridized carbons (Fsp3) is 0.333. The molecule has 10 nitrogen and oxygen atoms in total. The fourth-order valence-electron chi connectivity index (χ4n) is 2.32. The van der Waals surface area contributed by atoms with Crippen LogP contribution in [-0.4, -0.2) is 69.1 Å². The van der Waals surface area contributed by atoms with Crippen LogP contribution in [0.3, 0.4) is 0 Å². The molecule has 0 saturated heterocycles. The molecule has 0 spiro atoms. The lowest BCUT2D eigenvalue weighted by Crippen LogP contribution is -2.33. The molecule has 0 bridgehead atoms. The van der Waals surface area contributed by atoms with E-state index in [1.54, 1.807) is 31.3 Å². The number of benzene rings is 1. The summed E-state index contributed by atoms with van der Waals surface area (Å²) in [6.07, 6.45) is 0. The van der Waals surface area contributed by atoms with E-state index in [0.29, 0.717) is 11.4 Å². The van der Waals surface area contributed by atoms with Gasteiger partial charge in [0.05, 0.1) is 4.90 Å². The average Bonchev–Trinajstić information content (AvgIpc) is 2.71. The van der Waals surface area contributed by atoms with Crippen LogP contribution in [0.2, 0.25) is 5.15 Å². The molecule has 0 aliphatic heterocycles. The molecule has 162 valence electrons. The minimum atomic E-state index is -3.65. The Balaban J connectivity index is 1.86. The first kappa shape index (κ1) is 23.5. The van der Waals surface area contributed by atoms with Gasteiger partial charge in [0.25, 0.3) is 5.91 Å². The van der Waals surface area contributed by atoms with Crippen molar-refractivity contribution in [3.8, 4) is 0 Å². The molecule has 1 heterocycles. The second kappa shape index (κ2) is 10.3. The number of halogens is 1. The molecule has 1 aromatic heterocycles. The number of anilines is 1. The van der Waals surface area contributed by atoms with E-state index in [4.69, 9.17) is 16.3 Å². The first-order valence-corrected chi connectivity index (χ1v) is 10.6. The number of rotatable bonds is 9. The zero-order valence-corrected chi connectivity index (χ0v) is 18.3. The van der Waals surface area contributed by atoms with Crippen LogP contribution in [-0.2, 0) is 30.9 Å². The number of sulfonamides is 1. The van der Waals surface area contributed by atoms with E-state index in [0.717, 1.165) is 4.31 Å². The summed E-state index contributed by atoms with van der Waals surface area (Å²) in [4.78, 5) is 25.5. The quantitative estimate of drug-likeness (QED) is 0.547. The summed E-state index contributed by atoms with van der Waals surface area (Å²) in [5, 5.41) is 10.3. The van der Waals surface area contributed by atoms with Gasteiger partial charge in [-0.2, -0.15) is 0 Å². The van der Waals surface area contributed by atoms with Gasteiger partial charge in [-0.15, -0.1) is 10.2 Å². The Morgan fingerprint density at radius 2 is 1.80 bits per heavy atom. The van der Waals surface area contributed by atoms with Crippen molar-refractivity contribution < 1.29 is 22.7 Å². The number of aromatic nitrogens is 2. The number of esters is 1. The molecule has 1 amide bonds. The van der Waals surface area contributed by atoms with Crippen molar-refractivity contribution in [2.24, 2.45) is 0 Å². The van der Waals surface area contributed by atoms with Crippen molar-refractivity contribution >= 4 is 39.3 Å². The van der Waals surface area contributed by atoms with Crippen LogP contribution in [0.25, 0.3) is 0 Å². The first-order chi connectivity index (χ1) is 14.1. The Kier molecular flexibility index (Phi) is 8.09. The Morgan fingerprint density at radius 3 is 2.43 bits per heavy atom. The standard InChI is InChI=1S/C18H22ClN5O5S/c1-23(2)30(27,28)14-7-5-4-6-13(14)10-20-17(25)12-29-18(26)11-24(3)16-9-8-15(19)21-22-16/h4-9H,10-12H2,1-3H3,(H,20,25). The molecule has 0 saturated carbocycles. The first-order valence-electron chi connectivity index (χ1n) is 8.74. The zero-order valence-electron chi connectivity index (χ0n) is 16.7. The molecular weight excluding hydrogens is 434 g/mol. The van der Waals surface area contributed by atoms with Gasteiger partial charge < -0.3 is 15.0 Å². The van der Waals surface area contributed by atoms with Crippen molar-refractivity contribution in [3.05, 3.63) is 47.1 Å². The second-order valence-electron chi connectivity index (χ2n) is 6.40. The molecule has 2 rings (SSSR count). The Hall–Kier alpha value is -2.76. The predicted octanol–water partition coefficient (Wildman–Crippen LogP) is 0.676. The molecule has 0 aliphatic rings. The van der Waals surface area contributed by atoms with Crippen molar-refractivity contribution in [2.45, 2.75) is 11.4 Å². The van der Waals surface area contributed by atoms with E-state index < -0.39 is 28.5 Å². The van der Waals surface area contributed by atoms with Crippen LogP contribution < -0.4 is 10.2 Å². The summed E-state index contributed by atoms with van der Waals surface area (Å²) >= 11 is 5.67. The van der Waals surface area contributed by atoms with Crippen LogP contribution in [0.15, 0.2) is 41.3 Å². The van der Waals surface area contributed by atoms with Gasteiger partial charge in [-0.3, -0.25) is 9.59 Å². The van der Waals surface area contributed by atoms with Crippen molar-refractivity contribution in [1.82, 2.24) is 19.8 Å². The Labute approximate surface area is 179 Å². The van der Waals surface area contributed by atoms with E-state index in [2.05, 4.69) is 15.5 Å². The largest absolute Gasteiger partial charge is 0.454 e. The van der Waals surface area contributed by atoms with Gasteiger partial charge in [0.15, 0.2) is 17.6 Å². The number of likely N-dealkylation sites (N-methyl/N-ethyl adjacent to an activating group) is 1. The van der Waals surface area contributed by atoms with E-state index in [1.165, 1.54) is 31.1 Å². The van der Waals surface area contributed by atoms with Crippen LogP contribution in [0, 0.1) is 0 Å². The maximum absolute atomic E-state index is 12.4. The highest BCUT2D eigenvalue weighted by Gasteiger charge is 2.21. The third-order valence-electron chi connectivity index (χ3n) is 3.95. The molecular formula is C18H22ClN5O5S. The molecule has 12 heteroatoms. The minimum Gasteiger partial charge on any atom is -0.454 e. The van der Waals surface area contributed by atoms with Crippen molar-refractivity contribution in [3.63, 3.8) is 0 Å². The monoisotopic (exact) mass is 455 g/mol. The summed E-state index contributed by atoms with van der Waals surface area (Å²) in [7, 11) is 0.815. The third kappa shape index (κ3) is 6.37. The number of amides is 1. The van der Waals surface area contributed by atoms with Crippen LogP contribution in [0.4, 0.5) is 5.82 Å². The Morgan fingerprint density at radius 1 is 1.10 bits per heavy atom. The highest BCUT2D eigenvalue weighted by molar-refractivity contribution is 7.89. The molecule has 1 N–H and O–H groups in total. The van der Waals surface area contributed by atoms with E-state index >= 15 is 0 Å². The van der Waals surface area contributed by atoms with Crippen LogP contribution >= 0.6 is 11.6 Å². The van der Waals surface area contributed by atoms with Gasteiger partial charge in [0.2, 0.25) is 10.0 Å². The molecule has 0 aliphatic carbocycles. The van der Waals surface area contributed by atoms with E-state index in [-0.39, 0.29) is 23.1 Å². The third-order valence-corrected chi connectivity index (χ3v) is 6.06. The number of carbonyl (C=O) groups excluding carboxylic acids is 2. The smallest absolute Gasteiger partial charge is 0.326 e. The molecule has 0 radical (unpaired) electrons. The fourth-order valence-corrected chi connectivity index (χ4v) is 3.54. The maximum atomic E-state index is 12.4. The number of ether oxygens (including phenoxy) is 1. The number of hydrogen-bond acceptors (Lipinski definition) is 8. The van der Waals surface area contributed by atoms with Gasteiger partial charge in [0.1, 0.15) is 6.54 Å². The molecule has 0 unspecified atom stereocenters. The lowest BCUT2D eigenvalue weighted by Gasteiger charge is -2.17. The lowest BCUT2D eigenvalue weighted by atomic mass is 10.2. The lowest BCUT2D eigenvalue weighted by molar-refractivity contribution is -0.147. The molecule has 0 atom stereocenters. The Bertz CT molecular complexity index is 998. The highest BCUT2D eigenvalue weighted by atomic mass is 35.5. The van der Waals surface area contributed by atoms with Crippen LogP contribution in [0.5, 0.6) is 0 Å². The summed E-state index contributed by atoms with van der Waals surface area (Å²) in [6.45, 7) is -0.672. The predicted molar refractivity (Wildman–Crippen MR) is 110 cm³/mol. The number of nitrogens with zero attached hydrogens (tertiary/aromatic N) is 4. The summed E-state index contributed by atoms with van der Waals surface area (Å²) in [5.74, 6) is -0.783. The normalized spacial score (nSPS) is 11.2. The van der Waals surface area contributed by atoms with Gasteiger partial charge in [0, 0.05) is 27.7 Å². The van der Waals surface area contributed by atoms with E-state index in [9.17, 15) is 18.0 Å². The van der Waals surface area contributed by atoms with Gasteiger partial charge in [-0.05, 0) is 23.8 Å². The topological polar surface area (TPSA) is 122 Å². The van der Waals surface area contributed by atoms with Gasteiger partial charge in [-0.25, -0.2) is 12.7 Å². The highest BCUT2D eigenvalue weighted by Crippen LogP contribution is 2.18.